The molecule has 17 heavy (non-hydrogen) atoms. The zero-order valence-electron chi connectivity index (χ0n) is 9.53. The molecule has 0 spiro atoms. The van der Waals surface area contributed by atoms with Crippen molar-refractivity contribution >= 4 is 27.8 Å². The fraction of sp³-hybridized carbons (Fsp3) is 0.778. The molecule has 1 heterocycles. The molecule has 1 aliphatic heterocycles. The van der Waals surface area contributed by atoms with Crippen LogP contribution in [-0.2, 0) is 14.8 Å². The lowest BCUT2D eigenvalue weighted by molar-refractivity contribution is -0.140. The van der Waals surface area contributed by atoms with Crippen LogP contribution in [0.25, 0.3) is 0 Å². The maximum Gasteiger partial charge on any atom is 0.322 e. The van der Waals surface area contributed by atoms with Gasteiger partial charge in [-0.15, -0.1) is 11.8 Å². The smallest absolute Gasteiger partial charge is 0.322 e. The van der Waals surface area contributed by atoms with Crippen molar-refractivity contribution in [3.05, 3.63) is 0 Å². The predicted molar refractivity (Wildman–Crippen MR) is 63.7 cm³/mol. The topological polar surface area (TPSA) is 98.5 Å². The normalized spacial score (nSPS) is 26.0. The third-order valence-electron chi connectivity index (χ3n) is 2.41. The number of hydrogen-bond acceptors (Lipinski definition) is 5. The van der Waals surface area contributed by atoms with Gasteiger partial charge in [0, 0.05) is 5.75 Å². The summed E-state index contributed by atoms with van der Waals surface area (Å²) >= 11 is 1.30. The number of nitriles is 1. The molecular weight excluding hydrogens is 264 g/mol. The van der Waals surface area contributed by atoms with E-state index in [0.29, 0.717) is 0 Å². The first-order valence-corrected chi connectivity index (χ1v) is 7.69. The highest BCUT2D eigenvalue weighted by atomic mass is 32.2. The number of carboxylic acid groups (broad SMARTS) is 1. The summed E-state index contributed by atoms with van der Waals surface area (Å²) in [5, 5.41) is 17.1. The lowest BCUT2D eigenvalue weighted by Crippen LogP contribution is -2.47. The Morgan fingerprint density at radius 1 is 1.65 bits per heavy atom. The monoisotopic (exact) mass is 278 g/mol. The molecule has 1 fully saturated rings. The van der Waals surface area contributed by atoms with E-state index < -0.39 is 33.2 Å². The second-order valence-corrected chi connectivity index (χ2v) is 7.09. The van der Waals surface area contributed by atoms with E-state index in [1.54, 1.807) is 6.07 Å². The number of nitrogens with zero attached hydrogens (tertiary/aromatic N) is 2. The van der Waals surface area contributed by atoms with Crippen molar-refractivity contribution in [3.8, 4) is 6.07 Å². The van der Waals surface area contributed by atoms with Crippen molar-refractivity contribution in [2.75, 3.05) is 11.5 Å². The maximum atomic E-state index is 11.9. The largest absolute Gasteiger partial charge is 0.480 e. The van der Waals surface area contributed by atoms with E-state index in [1.165, 1.54) is 11.8 Å². The van der Waals surface area contributed by atoms with E-state index in [0.717, 1.165) is 4.31 Å². The minimum Gasteiger partial charge on any atom is -0.480 e. The molecular formula is C9H14N2O4S2. The highest BCUT2D eigenvalue weighted by Crippen LogP contribution is 2.36. The molecule has 2 atom stereocenters. The number of aliphatic carboxylic acids is 1. The summed E-state index contributed by atoms with van der Waals surface area (Å²) in [6.07, 6.45) is 0. The standard InChI is InChI=1S/C9H14N2O4S2/c1-6(2)8-11(17(14,15)4-3-10)7(5-16-8)9(12)13/h6-8H,4-5H2,1-2H3,(H,12,13). The number of thioether (sulfide) groups is 1. The summed E-state index contributed by atoms with van der Waals surface area (Å²) in [5.74, 6) is -1.62. The molecule has 6 nitrogen and oxygen atoms in total. The Labute approximate surface area is 105 Å². The van der Waals surface area contributed by atoms with E-state index >= 15 is 0 Å². The molecule has 0 bridgehead atoms. The predicted octanol–water partition coefficient (Wildman–Crippen LogP) is 0.324. The number of hydrogen-bond donors (Lipinski definition) is 1. The molecule has 1 N–H and O–H groups in total. The van der Waals surface area contributed by atoms with E-state index in [9.17, 15) is 13.2 Å². The minimum atomic E-state index is -3.83. The molecule has 0 saturated carbocycles. The van der Waals surface area contributed by atoms with Gasteiger partial charge in [-0.25, -0.2) is 8.42 Å². The second kappa shape index (κ2) is 5.25. The van der Waals surface area contributed by atoms with Gasteiger partial charge in [0.05, 0.1) is 11.4 Å². The Bertz CT molecular complexity index is 440. The van der Waals surface area contributed by atoms with Crippen LogP contribution in [0.2, 0.25) is 0 Å². The van der Waals surface area contributed by atoms with Crippen LogP contribution >= 0.6 is 11.8 Å². The Morgan fingerprint density at radius 2 is 2.24 bits per heavy atom. The van der Waals surface area contributed by atoms with Gasteiger partial charge < -0.3 is 5.11 Å². The maximum absolute atomic E-state index is 11.9. The Hall–Kier alpha value is -0.780. The van der Waals surface area contributed by atoms with Crippen LogP contribution in [0.5, 0.6) is 0 Å². The van der Waals surface area contributed by atoms with E-state index in [2.05, 4.69) is 0 Å². The molecule has 2 unspecified atom stereocenters. The van der Waals surface area contributed by atoms with Crippen molar-refractivity contribution in [1.29, 1.82) is 5.26 Å². The molecule has 8 heteroatoms. The summed E-state index contributed by atoms with van der Waals surface area (Å²) in [6, 6.07) is 0.508. The van der Waals surface area contributed by atoms with E-state index in [4.69, 9.17) is 10.4 Å². The van der Waals surface area contributed by atoms with Crippen LogP contribution in [0, 0.1) is 17.2 Å². The highest BCUT2D eigenvalue weighted by Gasteiger charge is 2.46. The van der Waals surface area contributed by atoms with Crippen molar-refractivity contribution in [2.45, 2.75) is 25.3 Å². The molecule has 0 aromatic rings. The van der Waals surface area contributed by atoms with Crippen molar-refractivity contribution < 1.29 is 18.3 Å². The van der Waals surface area contributed by atoms with Crippen molar-refractivity contribution in [1.82, 2.24) is 4.31 Å². The first kappa shape index (κ1) is 14.3. The van der Waals surface area contributed by atoms with Gasteiger partial charge in [-0.05, 0) is 5.92 Å². The molecule has 0 aromatic carbocycles. The average molecular weight is 278 g/mol. The van der Waals surface area contributed by atoms with Crippen LogP contribution in [0.15, 0.2) is 0 Å². The van der Waals surface area contributed by atoms with Gasteiger partial charge >= 0.3 is 5.97 Å². The lowest BCUT2D eigenvalue weighted by Gasteiger charge is -2.27. The zero-order valence-corrected chi connectivity index (χ0v) is 11.2. The molecule has 0 radical (unpaired) electrons. The van der Waals surface area contributed by atoms with E-state index in [1.807, 2.05) is 13.8 Å². The summed E-state index contributed by atoms with van der Waals surface area (Å²) in [7, 11) is -3.83. The lowest BCUT2D eigenvalue weighted by atomic mass is 10.2. The first-order chi connectivity index (χ1) is 7.81. The number of rotatable bonds is 4. The minimum absolute atomic E-state index is 0.00202. The molecule has 1 aliphatic rings. The highest BCUT2D eigenvalue weighted by molar-refractivity contribution is 8.01. The van der Waals surface area contributed by atoms with Gasteiger partial charge in [-0.3, -0.25) is 4.79 Å². The zero-order chi connectivity index (χ0) is 13.2. The van der Waals surface area contributed by atoms with Crippen LogP contribution in [0.1, 0.15) is 13.8 Å². The molecule has 0 aliphatic carbocycles. The Balaban J connectivity index is 3.11. The third-order valence-corrected chi connectivity index (χ3v) is 5.78. The molecule has 0 amide bonds. The second-order valence-electron chi connectivity index (χ2n) is 4.07. The first-order valence-electron chi connectivity index (χ1n) is 5.04. The van der Waals surface area contributed by atoms with Crippen molar-refractivity contribution in [3.63, 3.8) is 0 Å². The molecule has 1 saturated heterocycles. The van der Waals surface area contributed by atoms with Gasteiger partial charge in [0.25, 0.3) is 0 Å². The van der Waals surface area contributed by atoms with Crippen molar-refractivity contribution in [2.24, 2.45) is 5.92 Å². The fourth-order valence-corrected chi connectivity index (χ4v) is 5.15. The number of carboxylic acids is 1. The van der Waals surface area contributed by atoms with Crippen LogP contribution in [-0.4, -0.2) is 46.7 Å². The summed E-state index contributed by atoms with van der Waals surface area (Å²) in [6.45, 7) is 3.66. The average Bonchev–Trinajstić information content (AvgIpc) is 2.61. The molecule has 96 valence electrons. The van der Waals surface area contributed by atoms with Gasteiger partial charge in [-0.1, -0.05) is 13.8 Å². The third kappa shape index (κ3) is 2.91. The van der Waals surface area contributed by atoms with Gasteiger partial charge in [0.2, 0.25) is 10.0 Å². The summed E-state index contributed by atoms with van der Waals surface area (Å²) in [5.41, 5.74) is 0. The quantitative estimate of drug-likeness (QED) is 0.795. The molecule has 1 rings (SSSR count). The van der Waals surface area contributed by atoms with Gasteiger partial charge in [0.15, 0.2) is 5.75 Å². The Morgan fingerprint density at radius 3 is 2.65 bits per heavy atom. The fourth-order valence-electron chi connectivity index (χ4n) is 1.69. The van der Waals surface area contributed by atoms with E-state index in [-0.39, 0.29) is 11.7 Å². The van der Waals surface area contributed by atoms with Crippen LogP contribution in [0.3, 0.4) is 0 Å². The van der Waals surface area contributed by atoms with Crippen LogP contribution < -0.4 is 0 Å². The summed E-state index contributed by atoms with van der Waals surface area (Å²) in [4.78, 5) is 11.0. The summed E-state index contributed by atoms with van der Waals surface area (Å²) < 4.78 is 24.8. The van der Waals surface area contributed by atoms with Gasteiger partial charge in [0.1, 0.15) is 6.04 Å². The molecule has 0 aromatic heterocycles. The number of carbonyl (C=O) groups is 1. The van der Waals surface area contributed by atoms with Gasteiger partial charge in [-0.2, -0.15) is 9.57 Å². The number of sulfonamides is 1. The van der Waals surface area contributed by atoms with Crippen LogP contribution in [0.4, 0.5) is 0 Å². The Kier molecular flexibility index (Phi) is 4.41. The SMILES string of the molecule is CC(C)C1SCC(C(=O)O)N1S(=O)(=O)CC#N.